The van der Waals surface area contributed by atoms with Gasteiger partial charge in [-0.15, -0.1) is 6.42 Å². The lowest BCUT2D eigenvalue weighted by Crippen LogP contribution is -2.55. The molecular weight excluding hydrogens is 796 g/mol. The van der Waals surface area contributed by atoms with Crippen LogP contribution in [0.3, 0.4) is 0 Å². The minimum absolute atomic E-state index is 0.0865. The van der Waals surface area contributed by atoms with Crippen LogP contribution in [-0.4, -0.2) is 110 Å². The number of piperazine rings is 1. The fourth-order valence-corrected chi connectivity index (χ4v) is 10.7. The number of halogens is 3. The van der Waals surface area contributed by atoms with Crippen LogP contribution in [0.15, 0.2) is 67.4 Å². The Balaban J connectivity index is 0.991. The Morgan fingerprint density at radius 1 is 1.06 bits per heavy atom. The molecule has 5 aromatic rings. The van der Waals surface area contributed by atoms with Crippen molar-refractivity contribution in [3.05, 3.63) is 101 Å². The number of anilines is 1. The number of phenols is 1. The molecule has 0 saturated carbocycles. The Bertz CT molecular complexity index is 2760. The van der Waals surface area contributed by atoms with Crippen LogP contribution in [0.5, 0.6) is 11.8 Å². The second kappa shape index (κ2) is 15.5. The van der Waals surface area contributed by atoms with E-state index in [2.05, 4.69) is 33.4 Å². The lowest BCUT2D eigenvalue weighted by molar-refractivity contribution is -0.129. The minimum atomic E-state index is -0.978. The van der Waals surface area contributed by atoms with E-state index in [-0.39, 0.29) is 70.0 Å². The number of alkyl halides is 1. The van der Waals surface area contributed by atoms with Crippen LogP contribution in [0.1, 0.15) is 54.4 Å². The zero-order valence-corrected chi connectivity index (χ0v) is 34.0. The lowest BCUT2D eigenvalue weighted by Gasteiger charge is -2.41. The molecule has 3 aromatic carbocycles. The van der Waals surface area contributed by atoms with Gasteiger partial charge in [-0.05, 0) is 91.1 Å². The maximum absolute atomic E-state index is 17.2. The number of hydrogen-bond donors (Lipinski definition) is 1. The first-order valence-corrected chi connectivity index (χ1v) is 21.1. The number of carbonyl (C=O) groups is 2. The maximum atomic E-state index is 17.2. The number of amides is 2. The van der Waals surface area contributed by atoms with Gasteiger partial charge in [0.05, 0.1) is 16.5 Å². The van der Waals surface area contributed by atoms with E-state index in [1.165, 1.54) is 36.5 Å². The summed E-state index contributed by atoms with van der Waals surface area (Å²) in [6.45, 7) is 6.69. The largest absolute Gasteiger partial charge is 0.508 e. The number of aromatic nitrogens is 3. The Morgan fingerprint density at radius 3 is 2.68 bits per heavy atom. The highest BCUT2D eigenvalue weighted by Gasteiger charge is 2.49. The average molecular weight is 840 g/mol. The number of benzene rings is 3. The molecule has 0 radical (unpaired) electrons. The van der Waals surface area contributed by atoms with E-state index in [0.717, 1.165) is 55.3 Å². The van der Waals surface area contributed by atoms with Crippen molar-refractivity contribution in [2.75, 3.05) is 44.2 Å². The molecule has 4 saturated heterocycles. The van der Waals surface area contributed by atoms with Crippen molar-refractivity contribution in [3.63, 3.8) is 0 Å². The Hall–Kier alpha value is -6.46. The van der Waals surface area contributed by atoms with Gasteiger partial charge < -0.3 is 24.5 Å². The smallest absolute Gasteiger partial charge is 0.319 e. The number of rotatable bonds is 8. The Morgan fingerprint density at radius 2 is 1.89 bits per heavy atom. The fourth-order valence-electron chi connectivity index (χ4n) is 10.7. The van der Waals surface area contributed by atoms with Crippen LogP contribution < -0.4 is 9.64 Å². The molecule has 10 rings (SSSR count). The van der Waals surface area contributed by atoms with Crippen molar-refractivity contribution in [1.82, 2.24) is 29.7 Å². The summed E-state index contributed by atoms with van der Waals surface area (Å²) in [5.41, 5.74) is 2.23. The molecule has 2 unspecified atom stereocenters. The van der Waals surface area contributed by atoms with Crippen LogP contribution in [0, 0.1) is 24.0 Å². The van der Waals surface area contributed by atoms with Gasteiger partial charge >= 0.3 is 6.01 Å². The van der Waals surface area contributed by atoms with E-state index < -0.39 is 23.3 Å². The summed E-state index contributed by atoms with van der Waals surface area (Å²) in [6, 6.07) is 10.9. The van der Waals surface area contributed by atoms with E-state index in [9.17, 15) is 19.1 Å². The predicted octanol–water partition coefficient (Wildman–Crippen LogP) is 6.73. The number of ether oxygens (including phenoxy) is 1. The van der Waals surface area contributed by atoms with Crippen LogP contribution in [0.25, 0.3) is 39.0 Å². The molecule has 14 heteroatoms. The van der Waals surface area contributed by atoms with Crippen molar-refractivity contribution >= 4 is 45.4 Å². The molecule has 1 N–H and O–H groups in total. The molecule has 316 valence electrons. The second-order valence-electron chi connectivity index (χ2n) is 17.1. The number of nitrogens with zero attached hydrogens (tertiary/aromatic N) is 7. The number of fused-ring (bicyclic) bond motifs is 6. The summed E-state index contributed by atoms with van der Waals surface area (Å²) < 4.78 is 53.4. The first-order valence-electron chi connectivity index (χ1n) is 21.1. The molecule has 7 heterocycles. The number of carbonyl (C=O) groups excluding carboxylic acids is 2. The molecular formula is C48H44F3N7O4. The molecule has 4 fully saturated rings. The third-order valence-electron chi connectivity index (χ3n) is 13.6. The number of terminal acetylenes is 1. The van der Waals surface area contributed by atoms with Crippen LogP contribution in [0.2, 0.25) is 0 Å². The summed E-state index contributed by atoms with van der Waals surface area (Å²) in [5.74, 6) is 0.794. The summed E-state index contributed by atoms with van der Waals surface area (Å²) in [7, 11) is 0. The van der Waals surface area contributed by atoms with Crippen LogP contribution in [0.4, 0.5) is 19.0 Å². The van der Waals surface area contributed by atoms with Gasteiger partial charge in [-0.25, -0.2) is 13.2 Å². The van der Waals surface area contributed by atoms with Crippen LogP contribution in [-0.2, 0) is 22.6 Å². The van der Waals surface area contributed by atoms with Gasteiger partial charge in [0.25, 0.3) is 0 Å². The quantitative estimate of drug-likeness (QED) is 0.134. The van der Waals surface area contributed by atoms with Crippen molar-refractivity contribution in [1.29, 1.82) is 0 Å². The minimum Gasteiger partial charge on any atom is -0.508 e. The third-order valence-corrected chi connectivity index (χ3v) is 13.6. The highest BCUT2D eigenvalue weighted by Crippen LogP contribution is 2.43. The zero-order chi connectivity index (χ0) is 42.9. The predicted molar refractivity (Wildman–Crippen MR) is 229 cm³/mol. The number of pyridine rings is 1. The van der Waals surface area contributed by atoms with E-state index in [1.54, 1.807) is 11.0 Å². The molecule has 62 heavy (non-hydrogen) atoms. The van der Waals surface area contributed by atoms with E-state index in [1.807, 2.05) is 28.0 Å². The van der Waals surface area contributed by atoms with Gasteiger partial charge in [0.2, 0.25) is 11.8 Å². The third kappa shape index (κ3) is 6.70. The number of hydrogen-bond acceptors (Lipinski definition) is 9. The monoisotopic (exact) mass is 839 g/mol. The average Bonchev–Trinajstić information content (AvgIpc) is 3.90. The van der Waals surface area contributed by atoms with E-state index >= 15 is 8.78 Å². The standard InChI is InChI=1S/C48H44F3N7O4/c1-3-35-39(50)13-9-30-19-34(59)20-36(42(30)35)44-43(51)45-37(22-52-44)46(54-47(53-45)62-27-48-16-6-17-57(48)23-31(49)21-48)56-24-32-11-12-33(25-56)58(32)41(61)14-10-28-7-5-8-29-15-18-55(26-38(28)29)40(60)4-2/h1,4-5,7-10,13-14,19-20,22,31-33,59H,2,6,11-12,15-18,21,23-27H2/b14-10+/t31-,32?,33?,48+/m1/s1. The fraction of sp³-hybridized carbons (Fsp3) is 0.354. The van der Waals surface area contributed by atoms with Gasteiger partial charge in [0, 0.05) is 74.5 Å². The van der Waals surface area contributed by atoms with E-state index in [4.69, 9.17) is 16.1 Å². The molecule has 2 bridgehead atoms. The highest BCUT2D eigenvalue weighted by molar-refractivity contribution is 6.03. The molecule has 5 aliphatic rings. The second-order valence-corrected chi connectivity index (χ2v) is 17.1. The van der Waals surface area contributed by atoms with Gasteiger partial charge in [-0.3, -0.25) is 19.5 Å². The van der Waals surface area contributed by atoms with E-state index in [0.29, 0.717) is 55.7 Å². The van der Waals surface area contributed by atoms with Crippen molar-refractivity contribution in [3.8, 4) is 35.4 Å². The highest BCUT2D eigenvalue weighted by atomic mass is 19.1. The van der Waals surface area contributed by atoms with Gasteiger partial charge in [0.15, 0.2) is 5.82 Å². The molecule has 2 amide bonds. The number of aromatic hydroxyl groups is 1. The van der Waals surface area contributed by atoms with Gasteiger partial charge in [0.1, 0.15) is 41.4 Å². The maximum Gasteiger partial charge on any atom is 0.319 e. The van der Waals surface area contributed by atoms with Crippen molar-refractivity contribution in [2.45, 2.75) is 68.9 Å². The van der Waals surface area contributed by atoms with Crippen molar-refractivity contribution < 1.29 is 32.6 Å². The lowest BCUT2D eigenvalue weighted by atomic mass is 9.94. The molecule has 2 aromatic heterocycles. The molecule has 0 spiro atoms. The van der Waals surface area contributed by atoms with Gasteiger partial charge in [-0.1, -0.05) is 36.8 Å². The first kappa shape index (κ1) is 39.7. The summed E-state index contributed by atoms with van der Waals surface area (Å²) in [4.78, 5) is 48.3. The first-order chi connectivity index (χ1) is 30.0. The topological polar surface area (TPSA) is 115 Å². The molecule has 0 aliphatic carbocycles. The molecule has 11 nitrogen and oxygen atoms in total. The zero-order valence-electron chi connectivity index (χ0n) is 34.0. The van der Waals surface area contributed by atoms with Gasteiger partial charge in [-0.2, -0.15) is 9.97 Å². The summed E-state index contributed by atoms with van der Waals surface area (Å²) in [6.07, 6.45) is 15.2. The normalized spacial score (nSPS) is 23.3. The van der Waals surface area contributed by atoms with Crippen molar-refractivity contribution in [2.24, 2.45) is 0 Å². The molecule has 5 aliphatic heterocycles. The summed E-state index contributed by atoms with van der Waals surface area (Å²) >= 11 is 0. The SMILES string of the molecule is C#Cc1c(F)ccc2cc(O)cc(-c3ncc4c(N5CC6CCC(C5)N6C(=O)/C=C/c5cccc6c5CN(C(=O)C=C)CC6)nc(OC[C@@]56CCCN5C[C@H](F)C6)nc4c3F)c12. The number of phenolic OH excluding ortho intramolecular Hbond substituents is 1. The van der Waals surface area contributed by atoms with Crippen LogP contribution >= 0.6 is 0 Å². The molecule has 4 atom stereocenters. The summed E-state index contributed by atoms with van der Waals surface area (Å²) in [5, 5.41) is 11.6. The Labute approximate surface area is 356 Å². The Kier molecular flexibility index (Phi) is 9.89.